The van der Waals surface area contributed by atoms with Crippen molar-refractivity contribution in [2.45, 2.75) is 18.9 Å². The predicted octanol–water partition coefficient (Wildman–Crippen LogP) is 2.83. The van der Waals surface area contributed by atoms with Crippen LogP contribution in [0.5, 0.6) is 0 Å². The molecule has 1 aliphatic rings. The van der Waals surface area contributed by atoms with Crippen molar-refractivity contribution >= 4 is 11.6 Å². The Morgan fingerprint density at radius 2 is 1.94 bits per heavy atom. The molecular formula is C14H13ClN2. The van der Waals surface area contributed by atoms with Gasteiger partial charge in [-0.05, 0) is 36.1 Å². The monoisotopic (exact) mass is 244 g/mol. The third-order valence-electron chi connectivity index (χ3n) is 3.20. The van der Waals surface area contributed by atoms with Crippen molar-refractivity contribution in [3.05, 3.63) is 52.7 Å². The Morgan fingerprint density at radius 1 is 1.18 bits per heavy atom. The summed E-state index contributed by atoms with van der Waals surface area (Å²) < 4.78 is 0. The number of hydrogen-bond donors (Lipinski definition) is 1. The fourth-order valence-electron chi connectivity index (χ4n) is 2.35. The summed E-state index contributed by atoms with van der Waals surface area (Å²) in [6.07, 6.45) is 3.81. The predicted molar refractivity (Wildman–Crippen MR) is 70.1 cm³/mol. The molecule has 0 amide bonds. The smallest absolute Gasteiger partial charge is 0.0719 e. The number of benzene rings is 1. The van der Waals surface area contributed by atoms with Crippen LogP contribution in [0.2, 0.25) is 5.02 Å². The van der Waals surface area contributed by atoms with Crippen molar-refractivity contribution in [3.8, 4) is 11.3 Å². The van der Waals surface area contributed by atoms with Gasteiger partial charge in [0, 0.05) is 22.8 Å². The first-order valence-electron chi connectivity index (χ1n) is 5.72. The first kappa shape index (κ1) is 10.8. The Labute approximate surface area is 105 Å². The zero-order valence-electron chi connectivity index (χ0n) is 9.36. The van der Waals surface area contributed by atoms with Crippen LogP contribution < -0.4 is 5.73 Å². The lowest BCUT2D eigenvalue weighted by Gasteiger charge is -2.05. The molecule has 2 N–H and O–H groups in total. The van der Waals surface area contributed by atoms with Gasteiger partial charge in [-0.15, -0.1) is 0 Å². The maximum Gasteiger partial charge on any atom is 0.0719 e. The van der Waals surface area contributed by atoms with Gasteiger partial charge in [0.2, 0.25) is 0 Å². The summed E-state index contributed by atoms with van der Waals surface area (Å²) in [4.78, 5) is 4.48. The molecule has 1 aromatic heterocycles. The van der Waals surface area contributed by atoms with Gasteiger partial charge in [0.15, 0.2) is 0 Å². The van der Waals surface area contributed by atoms with E-state index in [9.17, 15) is 0 Å². The number of rotatable bonds is 1. The minimum Gasteiger partial charge on any atom is -0.327 e. The standard InChI is InChI=1S/C14H13ClN2/c15-13-4-2-1-3-12(13)14-7-9-5-11(16)6-10(9)8-17-14/h1-4,7-8,11H,5-6,16H2. The van der Waals surface area contributed by atoms with Crippen LogP contribution in [0.4, 0.5) is 0 Å². The molecule has 0 radical (unpaired) electrons. The maximum atomic E-state index is 6.17. The highest BCUT2D eigenvalue weighted by atomic mass is 35.5. The fraction of sp³-hybridized carbons (Fsp3) is 0.214. The molecule has 0 aliphatic heterocycles. The number of halogens is 1. The van der Waals surface area contributed by atoms with Crippen molar-refractivity contribution in [3.63, 3.8) is 0 Å². The Kier molecular flexibility index (Phi) is 2.61. The first-order valence-corrected chi connectivity index (χ1v) is 6.10. The van der Waals surface area contributed by atoms with Crippen LogP contribution in [0.3, 0.4) is 0 Å². The maximum absolute atomic E-state index is 6.17. The average molecular weight is 245 g/mol. The van der Waals surface area contributed by atoms with Gasteiger partial charge in [-0.25, -0.2) is 0 Å². The summed E-state index contributed by atoms with van der Waals surface area (Å²) in [5.41, 5.74) is 10.4. The van der Waals surface area contributed by atoms with E-state index in [2.05, 4.69) is 11.1 Å². The van der Waals surface area contributed by atoms with Crippen LogP contribution in [0.1, 0.15) is 11.1 Å². The third kappa shape index (κ3) is 1.94. The molecule has 3 rings (SSSR count). The van der Waals surface area contributed by atoms with Crippen molar-refractivity contribution in [1.82, 2.24) is 4.98 Å². The van der Waals surface area contributed by atoms with Gasteiger partial charge in [0.05, 0.1) is 5.69 Å². The van der Waals surface area contributed by atoms with Crippen LogP contribution in [0.15, 0.2) is 36.5 Å². The second kappa shape index (κ2) is 4.13. The molecule has 0 bridgehead atoms. The van der Waals surface area contributed by atoms with E-state index in [1.165, 1.54) is 11.1 Å². The van der Waals surface area contributed by atoms with E-state index in [0.29, 0.717) is 0 Å². The quantitative estimate of drug-likeness (QED) is 0.838. The van der Waals surface area contributed by atoms with Crippen LogP contribution >= 0.6 is 11.6 Å². The van der Waals surface area contributed by atoms with E-state index >= 15 is 0 Å². The molecule has 17 heavy (non-hydrogen) atoms. The molecule has 0 saturated heterocycles. The second-order valence-electron chi connectivity index (χ2n) is 4.49. The van der Waals surface area contributed by atoms with E-state index in [-0.39, 0.29) is 6.04 Å². The molecule has 1 aliphatic carbocycles. The van der Waals surface area contributed by atoms with Crippen LogP contribution in [0, 0.1) is 0 Å². The Hall–Kier alpha value is -1.38. The Balaban J connectivity index is 2.07. The molecule has 2 aromatic rings. The van der Waals surface area contributed by atoms with Gasteiger partial charge in [0.25, 0.3) is 0 Å². The van der Waals surface area contributed by atoms with Crippen molar-refractivity contribution in [1.29, 1.82) is 0 Å². The highest BCUT2D eigenvalue weighted by Crippen LogP contribution is 2.29. The van der Waals surface area contributed by atoms with Crippen LogP contribution in [-0.2, 0) is 12.8 Å². The normalized spacial score (nSPS) is 18.1. The Bertz CT molecular complexity index is 566. The molecule has 3 heteroatoms. The highest BCUT2D eigenvalue weighted by molar-refractivity contribution is 6.33. The lowest BCUT2D eigenvalue weighted by atomic mass is 10.1. The molecule has 0 saturated carbocycles. The molecule has 0 fully saturated rings. The first-order chi connectivity index (χ1) is 8.24. The van der Waals surface area contributed by atoms with Gasteiger partial charge in [0.1, 0.15) is 0 Å². The Morgan fingerprint density at radius 3 is 2.76 bits per heavy atom. The SMILES string of the molecule is NC1Cc2cnc(-c3ccccc3Cl)cc2C1. The van der Waals surface area contributed by atoms with E-state index in [0.717, 1.165) is 29.1 Å². The van der Waals surface area contributed by atoms with E-state index in [4.69, 9.17) is 17.3 Å². The van der Waals surface area contributed by atoms with Crippen LogP contribution in [0.25, 0.3) is 11.3 Å². The summed E-state index contributed by atoms with van der Waals surface area (Å²) in [6.45, 7) is 0. The van der Waals surface area contributed by atoms with Gasteiger partial charge < -0.3 is 5.73 Å². The lowest BCUT2D eigenvalue weighted by Crippen LogP contribution is -2.18. The van der Waals surface area contributed by atoms with E-state index in [1.54, 1.807) is 0 Å². The molecule has 1 aromatic carbocycles. The molecule has 0 spiro atoms. The lowest BCUT2D eigenvalue weighted by molar-refractivity contribution is 0.721. The number of fused-ring (bicyclic) bond motifs is 1. The van der Waals surface area contributed by atoms with Gasteiger partial charge in [-0.3, -0.25) is 4.98 Å². The number of nitrogens with two attached hydrogens (primary N) is 1. The number of aromatic nitrogens is 1. The van der Waals surface area contributed by atoms with E-state index < -0.39 is 0 Å². The fourth-order valence-corrected chi connectivity index (χ4v) is 2.59. The molecular weight excluding hydrogens is 232 g/mol. The van der Waals surface area contributed by atoms with Crippen LogP contribution in [-0.4, -0.2) is 11.0 Å². The number of nitrogens with zero attached hydrogens (tertiary/aromatic N) is 1. The number of pyridine rings is 1. The van der Waals surface area contributed by atoms with Crippen molar-refractivity contribution in [2.24, 2.45) is 5.73 Å². The van der Waals surface area contributed by atoms with E-state index in [1.807, 2.05) is 30.5 Å². The summed E-state index contributed by atoms with van der Waals surface area (Å²) >= 11 is 6.17. The second-order valence-corrected chi connectivity index (χ2v) is 4.89. The van der Waals surface area contributed by atoms with Gasteiger partial charge >= 0.3 is 0 Å². The molecule has 86 valence electrons. The minimum atomic E-state index is 0.244. The third-order valence-corrected chi connectivity index (χ3v) is 3.53. The average Bonchev–Trinajstić information content (AvgIpc) is 2.68. The summed E-state index contributed by atoms with van der Waals surface area (Å²) in [6, 6.07) is 10.1. The molecule has 1 heterocycles. The topological polar surface area (TPSA) is 38.9 Å². The summed E-state index contributed by atoms with van der Waals surface area (Å²) in [5, 5.41) is 0.738. The molecule has 1 atom stereocenters. The minimum absolute atomic E-state index is 0.244. The molecule has 1 unspecified atom stereocenters. The zero-order valence-corrected chi connectivity index (χ0v) is 10.1. The number of hydrogen-bond acceptors (Lipinski definition) is 2. The molecule has 2 nitrogen and oxygen atoms in total. The largest absolute Gasteiger partial charge is 0.327 e. The summed E-state index contributed by atoms with van der Waals surface area (Å²) in [7, 11) is 0. The van der Waals surface area contributed by atoms with Crippen molar-refractivity contribution < 1.29 is 0 Å². The summed E-state index contributed by atoms with van der Waals surface area (Å²) in [5.74, 6) is 0. The van der Waals surface area contributed by atoms with Gasteiger partial charge in [-0.1, -0.05) is 29.8 Å². The van der Waals surface area contributed by atoms with Gasteiger partial charge in [-0.2, -0.15) is 0 Å². The highest BCUT2D eigenvalue weighted by Gasteiger charge is 2.19. The zero-order chi connectivity index (χ0) is 11.8. The van der Waals surface area contributed by atoms with Crippen molar-refractivity contribution in [2.75, 3.05) is 0 Å².